The van der Waals surface area contributed by atoms with Gasteiger partial charge in [-0.05, 0) is 41.3 Å². The summed E-state index contributed by atoms with van der Waals surface area (Å²) in [4.78, 5) is 0. The molecule has 2 aromatic rings. The minimum Gasteiger partial charge on any atom is -0.353 e. The Kier molecular flexibility index (Phi) is 3.21. The topological polar surface area (TPSA) is 55.6 Å². The SMILES string of the molecule is c1ccc(-n2nnnc2NCCCC2CC2)cc1. The maximum absolute atomic E-state index is 4.02. The number of aromatic nitrogens is 4. The highest BCUT2D eigenvalue weighted by atomic mass is 15.6. The third-order valence-corrected chi connectivity index (χ3v) is 3.24. The molecule has 0 spiro atoms. The third-order valence-electron chi connectivity index (χ3n) is 3.24. The first kappa shape index (κ1) is 11.2. The molecule has 1 heterocycles. The summed E-state index contributed by atoms with van der Waals surface area (Å²) in [6, 6.07) is 9.93. The lowest BCUT2D eigenvalue weighted by Crippen LogP contribution is -2.08. The lowest BCUT2D eigenvalue weighted by Gasteiger charge is -2.06. The minimum absolute atomic E-state index is 0.719. The van der Waals surface area contributed by atoms with E-state index < -0.39 is 0 Å². The van der Waals surface area contributed by atoms with Gasteiger partial charge in [0.25, 0.3) is 0 Å². The molecule has 0 atom stereocenters. The van der Waals surface area contributed by atoms with Crippen molar-refractivity contribution < 1.29 is 0 Å². The third kappa shape index (κ3) is 2.67. The van der Waals surface area contributed by atoms with Crippen molar-refractivity contribution >= 4 is 5.95 Å². The number of nitrogens with zero attached hydrogens (tertiary/aromatic N) is 4. The van der Waals surface area contributed by atoms with Crippen LogP contribution in [0.25, 0.3) is 5.69 Å². The molecule has 5 heteroatoms. The number of benzene rings is 1. The predicted molar refractivity (Wildman–Crippen MR) is 69.6 cm³/mol. The summed E-state index contributed by atoms with van der Waals surface area (Å²) in [6.45, 7) is 0.934. The molecule has 94 valence electrons. The van der Waals surface area contributed by atoms with Gasteiger partial charge >= 0.3 is 0 Å². The van der Waals surface area contributed by atoms with Gasteiger partial charge < -0.3 is 5.32 Å². The van der Waals surface area contributed by atoms with Gasteiger partial charge in [0.1, 0.15) is 0 Å². The van der Waals surface area contributed by atoms with Crippen LogP contribution in [0.15, 0.2) is 30.3 Å². The Labute approximate surface area is 106 Å². The summed E-state index contributed by atoms with van der Waals surface area (Å²) < 4.78 is 1.73. The van der Waals surface area contributed by atoms with Crippen LogP contribution >= 0.6 is 0 Å². The molecule has 0 aliphatic heterocycles. The van der Waals surface area contributed by atoms with Crippen molar-refractivity contribution in [2.75, 3.05) is 11.9 Å². The van der Waals surface area contributed by atoms with Crippen molar-refractivity contribution in [1.29, 1.82) is 0 Å². The van der Waals surface area contributed by atoms with E-state index in [1.165, 1.54) is 25.7 Å². The Morgan fingerprint density at radius 1 is 1.22 bits per heavy atom. The zero-order valence-electron chi connectivity index (χ0n) is 10.3. The molecule has 0 bridgehead atoms. The fourth-order valence-electron chi connectivity index (χ4n) is 2.04. The van der Waals surface area contributed by atoms with Gasteiger partial charge in [-0.15, -0.1) is 0 Å². The van der Waals surface area contributed by atoms with E-state index in [4.69, 9.17) is 0 Å². The van der Waals surface area contributed by atoms with E-state index in [0.717, 1.165) is 24.1 Å². The number of anilines is 1. The summed E-state index contributed by atoms with van der Waals surface area (Å²) >= 11 is 0. The average molecular weight is 243 g/mol. The Hall–Kier alpha value is -1.91. The van der Waals surface area contributed by atoms with Crippen molar-refractivity contribution in [2.24, 2.45) is 5.92 Å². The number of hydrogen-bond donors (Lipinski definition) is 1. The van der Waals surface area contributed by atoms with Gasteiger partial charge in [0.2, 0.25) is 5.95 Å². The molecule has 1 aromatic heterocycles. The van der Waals surface area contributed by atoms with E-state index in [0.29, 0.717) is 0 Å². The molecule has 0 saturated heterocycles. The summed E-state index contributed by atoms with van der Waals surface area (Å²) in [5.74, 6) is 1.70. The first-order valence-electron chi connectivity index (χ1n) is 6.51. The van der Waals surface area contributed by atoms with Crippen molar-refractivity contribution in [3.8, 4) is 5.69 Å². The van der Waals surface area contributed by atoms with Gasteiger partial charge in [-0.2, -0.15) is 4.68 Å². The molecular formula is C13H17N5. The normalized spacial score (nSPS) is 14.7. The van der Waals surface area contributed by atoms with Crippen LogP contribution in [0.5, 0.6) is 0 Å². The van der Waals surface area contributed by atoms with Gasteiger partial charge in [-0.25, -0.2) is 0 Å². The summed E-state index contributed by atoms with van der Waals surface area (Å²) in [5, 5.41) is 15.0. The Bertz CT molecular complexity index is 489. The highest BCUT2D eigenvalue weighted by Gasteiger charge is 2.20. The monoisotopic (exact) mass is 243 g/mol. The molecular weight excluding hydrogens is 226 g/mol. The number of nitrogens with one attached hydrogen (secondary N) is 1. The van der Waals surface area contributed by atoms with E-state index in [9.17, 15) is 0 Å². The Morgan fingerprint density at radius 2 is 2.06 bits per heavy atom. The predicted octanol–water partition coefficient (Wildman–Crippen LogP) is 2.26. The molecule has 1 aliphatic rings. The molecule has 0 radical (unpaired) electrons. The van der Waals surface area contributed by atoms with Crippen LogP contribution in [0, 0.1) is 5.92 Å². The summed E-state index contributed by atoms with van der Waals surface area (Å²) in [5.41, 5.74) is 0.979. The maximum Gasteiger partial charge on any atom is 0.247 e. The fourth-order valence-corrected chi connectivity index (χ4v) is 2.04. The molecule has 1 fully saturated rings. The zero-order chi connectivity index (χ0) is 12.2. The molecule has 0 unspecified atom stereocenters. The lowest BCUT2D eigenvalue weighted by atomic mass is 10.2. The highest BCUT2D eigenvalue weighted by molar-refractivity contribution is 5.38. The molecule has 1 aliphatic carbocycles. The van der Waals surface area contributed by atoms with Crippen molar-refractivity contribution in [3.63, 3.8) is 0 Å². The quantitative estimate of drug-likeness (QED) is 0.791. The number of tetrazole rings is 1. The van der Waals surface area contributed by atoms with E-state index in [1.807, 2.05) is 30.3 Å². The highest BCUT2D eigenvalue weighted by Crippen LogP contribution is 2.33. The molecule has 18 heavy (non-hydrogen) atoms. The lowest BCUT2D eigenvalue weighted by molar-refractivity contribution is 0.683. The van der Waals surface area contributed by atoms with Crippen LogP contribution < -0.4 is 5.32 Å². The Morgan fingerprint density at radius 3 is 2.83 bits per heavy atom. The second kappa shape index (κ2) is 5.16. The van der Waals surface area contributed by atoms with Crippen LogP contribution in [-0.2, 0) is 0 Å². The molecule has 1 saturated carbocycles. The molecule has 1 N–H and O–H groups in total. The summed E-state index contributed by atoms with van der Waals surface area (Å²) in [6.07, 6.45) is 5.34. The smallest absolute Gasteiger partial charge is 0.247 e. The summed E-state index contributed by atoms with van der Waals surface area (Å²) in [7, 11) is 0. The van der Waals surface area contributed by atoms with Gasteiger partial charge in [0, 0.05) is 6.54 Å². The van der Waals surface area contributed by atoms with E-state index >= 15 is 0 Å². The van der Waals surface area contributed by atoms with Gasteiger partial charge in [-0.1, -0.05) is 36.1 Å². The molecule has 5 nitrogen and oxygen atoms in total. The van der Waals surface area contributed by atoms with E-state index in [2.05, 4.69) is 20.8 Å². The van der Waals surface area contributed by atoms with Crippen LogP contribution in [-0.4, -0.2) is 26.8 Å². The maximum atomic E-state index is 4.02. The zero-order valence-corrected chi connectivity index (χ0v) is 10.3. The van der Waals surface area contributed by atoms with Crippen LogP contribution in [0.3, 0.4) is 0 Å². The second-order valence-corrected chi connectivity index (χ2v) is 4.76. The van der Waals surface area contributed by atoms with Crippen LogP contribution in [0.2, 0.25) is 0 Å². The van der Waals surface area contributed by atoms with Gasteiger partial charge in [0.05, 0.1) is 5.69 Å². The molecule has 3 rings (SSSR count). The molecule has 1 aromatic carbocycles. The van der Waals surface area contributed by atoms with Crippen LogP contribution in [0.4, 0.5) is 5.95 Å². The first-order valence-corrected chi connectivity index (χ1v) is 6.51. The fraction of sp³-hybridized carbons (Fsp3) is 0.462. The second-order valence-electron chi connectivity index (χ2n) is 4.76. The number of para-hydroxylation sites is 1. The first-order chi connectivity index (χ1) is 8.93. The number of hydrogen-bond acceptors (Lipinski definition) is 4. The Balaban J connectivity index is 1.60. The van der Waals surface area contributed by atoms with Gasteiger partial charge in [0.15, 0.2) is 0 Å². The van der Waals surface area contributed by atoms with Crippen LogP contribution in [0.1, 0.15) is 25.7 Å². The molecule has 0 amide bonds. The van der Waals surface area contributed by atoms with Gasteiger partial charge in [-0.3, -0.25) is 0 Å². The van der Waals surface area contributed by atoms with Crippen molar-refractivity contribution in [1.82, 2.24) is 20.2 Å². The average Bonchev–Trinajstić information content (AvgIpc) is 3.12. The number of rotatable bonds is 6. The van der Waals surface area contributed by atoms with Crippen molar-refractivity contribution in [2.45, 2.75) is 25.7 Å². The van der Waals surface area contributed by atoms with E-state index in [1.54, 1.807) is 4.68 Å². The van der Waals surface area contributed by atoms with E-state index in [-0.39, 0.29) is 0 Å². The standard InChI is InChI=1S/C13H17N5/c1-2-6-12(7-3-1)18-13(15-16-17-18)14-10-4-5-11-8-9-11/h1-3,6-7,11H,4-5,8-10H2,(H,14,15,17). The van der Waals surface area contributed by atoms with Crippen molar-refractivity contribution in [3.05, 3.63) is 30.3 Å². The largest absolute Gasteiger partial charge is 0.353 e. The minimum atomic E-state index is 0.719.